The fourth-order valence-corrected chi connectivity index (χ4v) is 2.13. The summed E-state index contributed by atoms with van der Waals surface area (Å²) in [5, 5.41) is 19.2. The fourth-order valence-electron chi connectivity index (χ4n) is 2.13. The molecule has 2 N–H and O–H groups in total. The summed E-state index contributed by atoms with van der Waals surface area (Å²) < 4.78 is 10.1. The lowest BCUT2D eigenvalue weighted by Crippen LogP contribution is -2.26. The number of aryl methyl sites for hydroxylation is 1. The smallest absolute Gasteiger partial charge is 0.306 e. The maximum Gasteiger partial charge on any atom is 0.306 e. The molecule has 0 aliphatic heterocycles. The number of aliphatic carboxylic acids is 1. The van der Waals surface area contributed by atoms with Crippen molar-refractivity contribution >= 4 is 5.97 Å². The highest BCUT2D eigenvalue weighted by atomic mass is 16.5. The molecule has 1 rings (SSSR count). The van der Waals surface area contributed by atoms with Crippen molar-refractivity contribution in [1.82, 2.24) is 0 Å². The maximum atomic E-state index is 11.4. The Balaban J connectivity index is 2.50. The number of ether oxygens (including phenoxy) is 2. The van der Waals surface area contributed by atoms with Crippen molar-refractivity contribution in [3.63, 3.8) is 0 Å². The lowest BCUT2D eigenvalue weighted by molar-refractivity contribution is -0.143. The molecule has 5 heteroatoms. The van der Waals surface area contributed by atoms with E-state index in [1.165, 1.54) is 0 Å². The molecule has 1 aromatic rings. The van der Waals surface area contributed by atoms with Gasteiger partial charge >= 0.3 is 5.97 Å². The summed E-state index contributed by atoms with van der Waals surface area (Å²) in [6, 6.07) is 7.70. The summed E-state index contributed by atoms with van der Waals surface area (Å²) in [5.74, 6) is -1.51. The number of methoxy groups -OCH3 is 1. The van der Waals surface area contributed by atoms with Gasteiger partial charge in [0.25, 0.3) is 0 Å². The molecule has 0 bridgehead atoms. The van der Waals surface area contributed by atoms with Crippen LogP contribution in [0.2, 0.25) is 0 Å². The number of aliphatic hydroxyl groups is 1. The first-order valence-electron chi connectivity index (χ1n) is 7.06. The normalized spacial score (nSPS) is 13.9. The monoisotopic (exact) mass is 296 g/mol. The van der Waals surface area contributed by atoms with Gasteiger partial charge in [-0.3, -0.25) is 4.79 Å². The summed E-state index contributed by atoms with van der Waals surface area (Å²) in [6.07, 6.45) is -0.194. The van der Waals surface area contributed by atoms with Crippen molar-refractivity contribution in [3.05, 3.63) is 35.4 Å². The van der Waals surface area contributed by atoms with E-state index in [2.05, 4.69) is 0 Å². The highest BCUT2D eigenvalue weighted by molar-refractivity contribution is 5.70. The number of benzene rings is 1. The molecule has 0 heterocycles. The first-order valence-corrected chi connectivity index (χ1v) is 7.06. The van der Waals surface area contributed by atoms with E-state index >= 15 is 0 Å². The van der Waals surface area contributed by atoms with Crippen LogP contribution in [0.1, 0.15) is 17.5 Å². The molecule has 0 aliphatic rings. The number of aliphatic hydroxyl groups excluding tert-OH is 1. The molecule has 21 heavy (non-hydrogen) atoms. The van der Waals surface area contributed by atoms with Crippen LogP contribution in [-0.2, 0) is 20.7 Å². The predicted molar refractivity (Wildman–Crippen MR) is 79.3 cm³/mol. The number of rotatable bonds is 10. The average Bonchev–Trinajstić information content (AvgIpc) is 2.45. The first kappa shape index (κ1) is 17.6. The standard InChI is InChI=1S/C16H24O5/c1-12-5-3-4-6-13(12)9-14(16(18)19)10-15(17)11-21-8-7-20-2/h3-6,14-15,17H,7-11H2,1-2H3,(H,18,19). The van der Waals surface area contributed by atoms with Crippen LogP contribution in [-0.4, -0.2) is 49.2 Å². The van der Waals surface area contributed by atoms with Gasteiger partial charge < -0.3 is 19.7 Å². The molecule has 0 radical (unpaired) electrons. The van der Waals surface area contributed by atoms with Gasteiger partial charge in [-0.2, -0.15) is 0 Å². The molecule has 0 amide bonds. The second-order valence-electron chi connectivity index (χ2n) is 5.12. The van der Waals surface area contributed by atoms with Crippen molar-refractivity contribution < 1.29 is 24.5 Å². The van der Waals surface area contributed by atoms with Crippen LogP contribution < -0.4 is 0 Å². The first-order chi connectivity index (χ1) is 10.0. The predicted octanol–water partition coefficient (Wildman–Crippen LogP) is 1.65. The molecule has 2 unspecified atom stereocenters. The van der Waals surface area contributed by atoms with Gasteiger partial charge in [0.05, 0.1) is 31.8 Å². The summed E-state index contributed by atoms with van der Waals surface area (Å²) in [7, 11) is 1.57. The molecule has 5 nitrogen and oxygen atoms in total. The second-order valence-corrected chi connectivity index (χ2v) is 5.12. The Hall–Kier alpha value is -1.43. The summed E-state index contributed by atoms with van der Waals surface area (Å²) in [4.78, 5) is 11.4. The van der Waals surface area contributed by atoms with E-state index in [4.69, 9.17) is 9.47 Å². The lowest BCUT2D eigenvalue weighted by Gasteiger charge is -2.18. The third-order valence-corrected chi connectivity index (χ3v) is 3.38. The zero-order valence-corrected chi connectivity index (χ0v) is 12.6. The quantitative estimate of drug-likeness (QED) is 0.642. The van der Waals surface area contributed by atoms with E-state index in [0.717, 1.165) is 11.1 Å². The molecular weight excluding hydrogens is 272 g/mol. The fraction of sp³-hybridized carbons (Fsp3) is 0.562. The average molecular weight is 296 g/mol. The SMILES string of the molecule is COCCOCC(O)CC(Cc1ccccc1C)C(=O)O. The lowest BCUT2D eigenvalue weighted by atomic mass is 9.92. The highest BCUT2D eigenvalue weighted by Crippen LogP contribution is 2.18. The summed E-state index contributed by atoms with van der Waals surface area (Å²) in [5.41, 5.74) is 2.06. The van der Waals surface area contributed by atoms with Crippen molar-refractivity contribution in [3.8, 4) is 0 Å². The molecule has 0 spiro atoms. The molecule has 118 valence electrons. The Labute approximate surface area is 125 Å². The van der Waals surface area contributed by atoms with Gasteiger partial charge in [-0.15, -0.1) is 0 Å². The largest absolute Gasteiger partial charge is 0.481 e. The molecule has 0 aliphatic carbocycles. The van der Waals surface area contributed by atoms with Crippen LogP contribution >= 0.6 is 0 Å². The zero-order chi connectivity index (χ0) is 15.7. The van der Waals surface area contributed by atoms with Gasteiger partial charge in [0.1, 0.15) is 0 Å². The van der Waals surface area contributed by atoms with Crippen LogP contribution in [0.5, 0.6) is 0 Å². The van der Waals surface area contributed by atoms with Gasteiger partial charge in [0, 0.05) is 7.11 Å². The van der Waals surface area contributed by atoms with Crippen LogP contribution in [0.3, 0.4) is 0 Å². The molecular formula is C16H24O5. The van der Waals surface area contributed by atoms with Crippen molar-refractivity contribution in [2.24, 2.45) is 5.92 Å². The van der Waals surface area contributed by atoms with Gasteiger partial charge in [0.15, 0.2) is 0 Å². The molecule has 0 saturated heterocycles. The van der Waals surface area contributed by atoms with E-state index in [1.807, 2.05) is 31.2 Å². The Morgan fingerprint density at radius 1 is 1.29 bits per heavy atom. The van der Waals surface area contributed by atoms with Crippen LogP contribution in [0, 0.1) is 12.8 Å². The third-order valence-electron chi connectivity index (χ3n) is 3.38. The Morgan fingerprint density at radius 3 is 2.62 bits per heavy atom. The maximum absolute atomic E-state index is 11.4. The molecule has 1 aromatic carbocycles. The number of carboxylic acids is 1. The van der Waals surface area contributed by atoms with Crippen LogP contribution in [0.4, 0.5) is 0 Å². The minimum absolute atomic E-state index is 0.126. The highest BCUT2D eigenvalue weighted by Gasteiger charge is 2.22. The van der Waals surface area contributed by atoms with E-state index < -0.39 is 18.0 Å². The van der Waals surface area contributed by atoms with E-state index in [0.29, 0.717) is 19.6 Å². The summed E-state index contributed by atoms with van der Waals surface area (Å²) >= 11 is 0. The molecule has 0 aromatic heterocycles. The van der Waals surface area contributed by atoms with Gasteiger partial charge in [0.2, 0.25) is 0 Å². The molecule has 2 atom stereocenters. The van der Waals surface area contributed by atoms with E-state index in [-0.39, 0.29) is 13.0 Å². The molecule has 0 saturated carbocycles. The third kappa shape index (κ3) is 6.71. The van der Waals surface area contributed by atoms with E-state index in [1.54, 1.807) is 7.11 Å². The van der Waals surface area contributed by atoms with Crippen molar-refractivity contribution in [2.75, 3.05) is 26.9 Å². The zero-order valence-electron chi connectivity index (χ0n) is 12.6. The van der Waals surface area contributed by atoms with Gasteiger partial charge in [-0.25, -0.2) is 0 Å². The number of carbonyl (C=O) groups is 1. The van der Waals surface area contributed by atoms with Gasteiger partial charge in [-0.05, 0) is 30.9 Å². The van der Waals surface area contributed by atoms with Crippen LogP contribution in [0.25, 0.3) is 0 Å². The molecule has 0 fully saturated rings. The Morgan fingerprint density at radius 2 is 2.00 bits per heavy atom. The number of carboxylic acid groups (broad SMARTS) is 1. The van der Waals surface area contributed by atoms with E-state index in [9.17, 15) is 15.0 Å². The van der Waals surface area contributed by atoms with Crippen molar-refractivity contribution in [2.45, 2.75) is 25.9 Å². The summed E-state index contributed by atoms with van der Waals surface area (Å²) in [6.45, 7) is 2.93. The minimum Gasteiger partial charge on any atom is -0.481 e. The van der Waals surface area contributed by atoms with Crippen molar-refractivity contribution in [1.29, 1.82) is 0 Å². The Kier molecular flexibility index (Phi) is 7.97. The number of hydrogen-bond acceptors (Lipinski definition) is 4. The Bertz CT molecular complexity index is 432. The topological polar surface area (TPSA) is 76.0 Å². The second kappa shape index (κ2) is 9.50. The van der Waals surface area contributed by atoms with Gasteiger partial charge in [-0.1, -0.05) is 24.3 Å². The number of hydrogen-bond donors (Lipinski definition) is 2. The minimum atomic E-state index is -0.894. The van der Waals surface area contributed by atoms with Crippen LogP contribution in [0.15, 0.2) is 24.3 Å².